The lowest BCUT2D eigenvalue weighted by Crippen LogP contribution is -2.66. The number of unbranched alkanes of at least 4 members (excludes halogenated alkanes) is 25. The molecule has 17 atom stereocenters. The Bertz CT molecular complexity index is 2280. The maximum atomic E-state index is 13.4. The van der Waals surface area contributed by atoms with E-state index >= 15 is 0 Å². The molecule has 3 heterocycles. The van der Waals surface area contributed by atoms with Crippen LogP contribution in [0.1, 0.15) is 251 Å². The average Bonchev–Trinajstić information content (AvgIpc) is 0.783. The summed E-state index contributed by atoms with van der Waals surface area (Å²) in [6.45, 7) is 1.59. The van der Waals surface area contributed by atoms with Gasteiger partial charge in [-0.3, -0.25) is 4.79 Å². The van der Waals surface area contributed by atoms with Crippen LogP contribution in [-0.4, -0.2) is 193 Å². The Kier molecular flexibility index (Phi) is 54.7. The zero-order chi connectivity index (χ0) is 72.5. The van der Waals surface area contributed by atoms with E-state index in [2.05, 4.69) is 129 Å². The van der Waals surface area contributed by atoms with Crippen LogP contribution in [0.5, 0.6) is 0 Å². The normalized spacial score (nSPS) is 27.1. The van der Waals surface area contributed by atoms with Gasteiger partial charge in [0, 0.05) is 6.42 Å². The molecule has 19 nitrogen and oxygen atoms in total. The van der Waals surface area contributed by atoms with Crippen LogP contribution < -0.4 is 5.32 Å². The molecule has 100 heavy (non-hydrogen) atoms. The van der Waals surface area contributed by atoms with Crippen molar-refractivity contribution in [1.29, 1.82) is 0 Å². The minimum Gasteiger partial charge on any atom is -0.394 e. The summed E-state index contributed by atoms with van der Waals surface area (Å²) >= 11 is 0. The van der Waals surface area contributed by atoms with Crippen molar-refractivity contribution >= 4 is 5.91 Å². The van der Waals surface area contributed by atoms with Crippen molar-refractivity contribution in [3.63, 3.8) is 0 Å². The predicted molar refractivity (Wildman–Crippen MR) is 397 cm³/mol. The smallest absolute Gasteiger partial charge is 0.220 e. The lowest BCUT2D eigenvalue weighted by atomic mass is 9.96. The Morgan fingerprint density at radius 1 is 0.370 bits per heavy atom. The van der Waals surface area contributed by atoms with Crippen molar-refractivity contribution in [2.75, 3.05) is 26.4 Å². The Hall–Kier alpha value is -3.81. The number of hydrogen-bond acceptors (Lipinski definition) is 18. The number of hydrogen-bond donors (Lipinski definition) is 12. The molecule has 574 valence electrons. The number of aliphatic hydroxyl groups is 11. The minimum absolute atomic E-state index is 0.226. The fourth-order valence-electron chi connectivity index (χ4n) is 12.3. The van der Waals surface area contributed by atoms with Crippen molar-refractivity contribution in [2.24, 2.45) is 0 Å². The molecule has 0 spiro atoms. The summed E-state index contributed by atoms with van der Waals surface area (Å²) in [6, 6.07) is -1.00. The highest BCUT2D eigenvalue weighted by Crippen LogP contribution is 2.33. The van der Waals surface area contributed by atoms with E-state index < -0.39 is 124 Å². The Morgan fingerprint density at radius 3 is 1.12 bits per heavy atom. The van der Waals surface area contributed by atoms with Gasteiger partial charge in [0.1, 0.15) is 73.2 Å². The number of nitrogens with one attached hydrogen (secondary N) is 1. The van der Waals surface area contributed by atoms with Crippen LogP contribution in [0.25, 0.3) is 0 Å². The number of allylic oxidation sites excluding steroid dienone is 19. The summed E-state index contributed by atoms with van der Waals surface area (Å²) in [5.74, 6) is -0.293. The van der Waals surface area contributed by atoms with Gasteiger partial charge in [-0.1, -0.05) is 264 Å². The first kappa shape index (κ1) is 90.4. The second-order valence-corrected chi connectivity index (χ2v) is 27.1. The Morgan fingerprint density at radius 2 is 0.700 bits per heavy atom. The molecule has 0 radical (unpaired) electrons. The van der Waals surface area contributed by atoms with Gasteiger partial charge in [-0.2, -0.15) is 0 Å². The molecule has 3 aliphatic rings. The number of amides is 1. The Balaban J connectivity index is 1.36. The molecule has 0 aliphatic carbocycles. The minimum atomic E-state index is -1.99. The van der Waals surface area contributed by atoms with Crippen molar-refractivity contribution in [3.8, 4) is 0 Å². The van der Waals surface area contributed by atoms with E-state index in [0.717, 1.165) is 103 Å². The lowest BCUT2D eigenvalue weighted by Gasteiger charge is -2.48. The number of carbonyl (C=O) groups is 1. The van der Waals surface area contributed by atoms with Gasteiger partial charge in [0.25, 0.3) is 0 Å². The summed E-state index contributed by atoms with van der Waals surface area (Å²) in [7, 11) is 0. The molecule has 12 N–H and O–H groups in total. The van der Waals surface area contributed by atoms with E-state index in [0.29, 0.717) is 12.8 Å². The summed E-state index contributed by atoms with van der Waals surface area (Å²) in [5, 5.41) is 121. The fourth-order valence-corrected chi connectivity index (χ4v) is 12.3. The van der Waals surface area contributed by atoms with Crippen molar-refractivity contribution < 1.29 is 89.4 Å². The molecule has 0 aromatic carbocycles. The van der Waals surface area contributed by atoms with Gasteiger partial charge in [0.05, 0.1) is 38.6 Å². The van der Waals surface area contributed by atoms with Gasteiger partial charge >= 0.3 is 0 Å². The standard InChI is InChI=1S/C81H137NO18/c1-3-5-7-9-11-13-15-17-19-21-23-24-25-26-27-28-29-30-31-32-33-34-35-36-37-38-39-40-41-43-45-47-49-51-53-55-57-59-69(87)82-64(65(86)58-56-54-52-50-48-46-44-42-22-20-18-16-14-12-10-8-6-4-2)63-95-79-75(93)72(90)77(67(61-84)97-79)100-81-76(94)73(91)78(68(62-85)98-81)99-80-74(92)71(89)70(88)66(60-83)96-80/h5,7,11,13,17,19,22-24,26-27,29-30,32-33,42,48,50,56,58,64-68,70-81,83-86,88-94H,3-4,6,8-10,12,14-16,18,20-21,25,28,31,34-41,43-47,49,51-55,57,59-63H2,1-2H3,(H,82,87)/b7-5-,13-11-,19-17-,24-23-,27-26-,30-29-,33-32-,42-22+,50-48+,58-56+. The largest absolute Gasteiger partial charge is 0.394 e. The Labute approximate surface area is 601 Å². The van der Waals surface area contributed by atoms with Gasteiger partial charge in [-0.15, -0.1) is 0 Å². The van der Waals surface area contributed by atoms with Crippen LogP contribution >= 0.6 is 0 Å². The van der Waals surface area contributed by atoms with E-state index in [9.17, 15) is 61.0 Å². The second kappa shape index (κ2) is 60.5. The first-order chi connectivity index (χ1) is 48.8. The molecule has 0 aromatic heterocycles. The van der Waals surface area contributed by atoms with Gasteiger partial charge in [0.2, 0.25) is 5.91 Å². The van der Waals surface area contributed by atoms with Crippen molar-refractivity contribution in [2.45, 2.75) is 356 Å². The van der Waals surface area contributed by atoms with Crippen LogP contribution in [0, 0.1) is 0 Å². The second-order valence-electron chi connectivity index (χ2n) is 27.1. The molecule has 3 saturated heterocycles. The summed E-state index contributed by atoms with van der Waals surface area (Å²) in [6.07, 6.45) is 57.5. The number of aliphatic hydroxyl groups excluding tert-OH is 11. The monoisotopic (exact) mass is 1410 g/mol. The topological polar surface area (TPSA) is 307 Å². The highest BCUT2D eigenvalue weighted by molar-refractivity contribution is 5.76. The third-order valence-corrected chi connectivity index (χ3v) is 18.5. The number of ether oxygens (including phenoxy) is 6. The third kappa shape index (κ3) is 40.5. The lowest BCUT2D eigenvalue weighted by molar-refractivity contribution is -0.379. The van der Waals surface area contributed by atoms with Crippen molar-refractivity contribution in [3.05, 3.63) is 122 Å². The van der Waals surface area contributed by atoms with Crippen molar-refractivity contribution in [1.82, 2.24) is 5.32 Å². The fraction of sp³-hybridized carbons (Fsp3) is 0.741. The molecule has 3 fully saturated rings. The zero-order valence-electron chi connectivity index (χ0n) is 61.1. The molecule has 17 unspecified atom stereocenters. The first-order valence-corrected chi connectivity index (χ1v) is 38.8. The summed E-state index contributed by atoms with van der Waals surface area (Å²) in [5.41, 5.74) is 0. The average molecular weight is 1410 g/mol. The van der Waals surface area contributed by atoms with Crippen LogP contribution in [0.4, 0.5) is 0 Å². The highest BCUT2D eigenvalue weighted by atomic mass is 16.8. The van der Waals surface area contributed by atoms with E-state index in [1.807, 2.05) is 6.08 Å². The van der Waals surface area contributed by atoms with Gasteiger partial charge in [-0.05, 0) is 103 Å². The third-order valence-electron chi connectivity index (χ3n) is 18.5. The van der Waals surface area contributed by atoms with Crippen LogP contribution in [0.15, 0.2) is 122 Å². The molecular weight excluding hydrogens is 1270 g/mol. The SMILES string of the molecule is CC/C=C\C/C=C\C/C=C\C/C=C\C/C=C\C/C=C\C/C=C\CCCCCCCCCCCCCCCCCC(=O)NC(COC1OC(CO)C(OC2OC(CO)C(OC3OC(CO)C(O)C(O)C3O)C(O)C2O)C(O)C1O)C(O)/C=C/CC/C=C/CC/C=C/CCCCCCCCCC. The molecular formula is C81H137NO18. The molecule has 1 amide bonds. The predicted octanol–water partition coefficient (Wildman–Crippen LogP) is 12.3. The molecule has 0 bridgehead atoms. The van der Waals surface area contributed by atoms with Crippen LogP contribution in [0.3, 0.4) is 0 Å². The number of rotatable bonds is 59. The zero-order valence-corrected chi connectivity index (χ0v) is 61.1. The van der Waals surface area contributed by atoms with E-state index in [1.165, 1.54) is 116 Å². The van der Waals surface area contributed by atoms with Gasteiger partial charge < -0.3 is 89.9 Å². The molecule has 0 aromatic rings. The highest BCUT2D eigenvalue weighted by Gasteiger charge is 2.53. The van der Waals surface area contributed by atoms with E-state index in [1.54, 1.807) is 6.08 Å². The van der Waals surface area contributed by atoms with Gasteiger partial charge in [-0.25, -0.2) is 0 Å². The maximum absolute atomic E-state index is 13.4. The first-order valence-electron chi connectivity index (χ1n) is 38.8. The van der Waals surface area contributed by atoms with E-state index in [4.69, 9.17) is 28.4 Å². The molecule has 3 rings (SSSR count). The summed E-state index contributed by atoms with van der Waals surface area (Å²) < 4.78 is 34.4. The number of carbonyl (C=O) groups excluding carboxylic acids is 1. The summed E-state index contributed by atoms with van der Waals surface area (Å²) in [4.78, 5) is 13.4. The van der Waals surface area contributed by atoms with Gasteiger partial charge in [0.15, 0.2) is 18.9 Å². The van der Waals surface area contributed by atoms with Crippen LogP contribution in [-0.2, 0) is 33.2 Å². The molecule has 0 saturated carbocycles. The maximum Gasteiger partial charge on any atom is 0.220 e. The van der Waals surface area contributed by atoms with E-state index in [-0.39, 0.29) is 18.9 Å². The molecule has 3 aliphatic heterocycles. The quantitative estimate of drug-likeness (QED) is 0.0199. The van der Waals surface area contributed by atoms with Crippen LogP contribution in [0.2, 0.25) is 0 Å². The molecule has 19 heteroatoms.